The van der Waals surface area contributed by atoms with Crippen LogP contribution in [-0.2, 0) is 19.1 Å². The summed E-state index contributed by atoms with van der Waals surface area (Å²) in [6.45, 7) is 6.95. The van der Waals surface area contributed by atoms with Gasteiger partial charge in [-0.2, -0.15) is 0 Å². The highest BCUT2D eigenvalue weighted by Crippen LogP contribution is 2.35. The zero-order valence-corrected chi connectivity index (χ0v) is 10.7. The molecular formula is C13H18O4. The van der Waals surface area contributed by atoms with Gasteiger partial charge < -0.3 is 9.47 Å². The maximum atomic E-state index is 11.9. The number of hydrogen-bond donors (Lipinski definition) is 0. The molecule has 0 amide bonds. The fourth-order valence-electron chi connectivity index (χ4n) is 1.55. The SMILES string of the molecule is C=CC(C)C(CC#CC)(C(=O)OC)C(=O)OC. The molecule has 0 bridgehead atoms. The highest BCUT2D eigenvalue weighted by atomic mass is 16.5. The summed E-state index contributed by atoms with van der Waals surface area (Å²) in [6, 6.07) is 0. The maximum absolute atomic E-state index is 11.9. The van der Waals surface area contributed by atoms with Crippen molar-refractivity contribution in [3.63, 3.8) is 0 Å². The third kappa shape index (κ3) is 2.88. The average molecular weight is 238 g/mol. The van der Waals surface area contributed by atoms with E-state index in [1.165, 1.54) is 20.3 Å². The lowest BCUT2D eigenvalue weighted by molar-refractivity contribution is -0.171. The summed E-state index contributed by atoms with van der Waals surface area (Å²) < 4.78 is 9.41. The van der Waals surface area contributed by atoms with E-state index in [1.54, 1.807) is 13.8 Å². The molecule has 4 heteroatoms. The highest BCUT2D eigenvalue weighted by molar-refractivity contribution is 6.01. The minimum Gasteiger partial charge on any atom is -0.468 e. The van der Waals surface area contributed by atoms with Crippen LogP contribution in [0, 0.1) is 23.2 Å². The number of carbonyl (C=O) groups excluding carboxylic acids is 2. The van der Waals surface area contributed by atoms with Crippen molar-refractivity contribution in [2.24, 2.45) is 11.3 Å². The van der Waals surface area contributed by atoms with Crippen LogP contribution in [0.25, 0.3) is 0 Å². The van der Waals surface area contributed by atoms with Crippen molar-refractivity contribution < 1.29 is 19.1 Å². The fourth-order valence-corrected chi connectivity index (χ4v) is 1.55. The first-order chi connectivity index (χ1) is 8.00. The van der Waals surface area contributed by atoms with Gasteiger partial charge in [-0.1, -0.05) is 13.0 Å². The second-order valence-corrected chi connectivity index (χ2v) is 3.58. The number of allylic oxidation sites excluding steroid dienone is 1. The molecule has 0 aromatic heterocycles. The molecular weight excluding hydrogens is 220 g/mol. The van der Waals surface area contributed by atoms with Crippen LogP contribution in [0.3, 0.4) is 0 Å². The van der Waals surface area contributed by atoms with Crippen LogP contribution in [0.2, 0.25) is 0 Å². The van der Waals surface area contributed by atoms with E-state index in [0.717, 1.165) is 0 Å². The van der Waals surface area contributed by atoms with E-state index in [1.807, 2.05) is 0 Å². The lowest BCUT2D eigenvalue weighted by Crippen LogP contribution is -2.45. The molecule has 0 aromatic carbocycles. The Hall–Kier alpha value is -1.76. The van der Waals surface area contributed by atoms with Gasteiger partial charge in [0.2, 0.25) is 0 Å². The van der Waals surface area contributed by atoms with E-state index in [-0.39, 0.29) is 6.42 Å². The van der Waals surface area contributed by atoms with Gasteiger partial charge in [-0.15, -0.1) is 18.4 Å². The largest absolute Gasteiger partial charge is 0.468 e. The minimum absolute atomic E-state index is 0.0516. The minimum atomic E-state index is -1.44. The molecule has 0 saturated carbocycles. The first-order valence-electron chi connectivity index (χ1n) is 5.20. The van der Waals surface area contributed by atoms with Gasteiger partial charge in [0.25, 0.3) is 0 Å². The predicted molar refractivity (Wildman–Crippen MR) is 63.9 cm³/mol. The van der Waals surface area contributed by atoms with Gasteiger partial charge in [0, 0.05) is 12.3 Å². The fraction of sp³-hybridized carbons (Fsp3) is 0.538. The van der Waals surface area contributed by atoms with Crippen LogP contribution in [0.4, 0.5) is 0 Å². The van der Waals surface area contributed by atoms with Crippen molar-refractivity contribution in [1.82, 2.24) is 0 Å². The molecule has 0 radical (unpaired) electrons. The molecule has 1 atom stereocenters. The second kappa shape index (κ2) is 6.74. The van der Waals surface area contributed by atoms with Crippen molar-refractivity contribution in [3.05, 3.63) is 12.7 Å². The summed E-state index contributed by atoms with van der Waals surface area (Å²) in [4.78, 5) is 23.8. The molecule has 0 heterocycles. The van der Waals surface area contributed by atoms with E-state index in [2.05, 4.69) is 18.4 Å². The first-order valence-corrected chi connectivity index (χ1v) is 5.20. The Bertz CT molecular complexity index is 343. The molecule has 94 valence electrons. The Morgan fingerprint density at radius 1 is 1.35 bits per heavy atom. The maximum Gasteiger partial charge on any atom is 0.324 e. The van der Waals surface area contributed by atoms with Crippen LogP contribution >= 0.6 is 0 Å². The zero-order valence-electron chi connectivity index (χ0n) is 10.7. The number of carbonyl (C=O) groups is 2. The summed E-state index contributed by atoms with van der Waals surface area (Å²) >= 11 is 0. The van der Waals surface area contributed by atoms with Gasteiger partial charge in [-0.05, 0) is 6.92 Å². The zero-order chi connectivity index (χ0) is 13.5. The van der Waals surface area contributed by atoms with Gasteiger partial charge in [0.15, 0.2) is 5.41 Å². The number of methoxy groups -OCH3 is 2. The van der Waals surface area contributed by atoms with Crippen molar-refractivity contribution >= 4 is 11.9 Å². The number of rotatable bonds is 5. The Kier molecular flexibility index (Phi) is 6.05. The summed E-state index contributed by atoms with van der Waals surface area (Å²) in [5.74, 6) is 3.66. The molecule has 0 aliphatic heterocycles. The summed E-state index contributed by atoms with van der Waals surface area (Å²) in [5.41, 5.74) is -1.44. The van der Waals surface area contributed by atoms with Crippen LogP contribution in [0.1, 0.15) is 20.3 Å². The van der Waals surface area contributed by atoms with Gasteiger partial charge in [0.1, 0.15) is 0 Å². The molecule has 0 fully saturated rings. The lowest BCUT2D eigenvalue weighted by atomic mass is 9.73. The van der Waals surface area contributed by atoms with Crippen molar-refractivity contribution in [2.45, 2.75) is 20.3 Å². The third-order valence-electron chi connectivity index (χ3n) is 2.77. The summed E-state index contributed by atoms with van der Waals surface area (Å²) in [7, 11) is 2.46. The van der Waals surface area contributed by atoms with Gasteiger partial charge in [0.05, 0.1) is 14.2 Å². The number of esters is 2. The standard InChI is InChI=1S/C13H18O4/c1-6-8-9-13(10(3)7-2,11(14)16-4)12(15)17-5/h7,10H,2,9H2,1,3-5H3. The molecule has 0 aliphatic carbocycles. The molecule has 17 heavy (non-hydrogen) atoms. The van der Waals surface area contributed by atoms with E-state index < -0.39 is 23.3 Å². The van der Waals surface area contributed by atoms with Crippen molar-refractivity contribution in [2.75, 3.05) is 14.2 Å². The molecule has 0 saturated heterocycles. The third-order valence-corrected chi connectivity index (χ3v) is 2.77. The Labute approximate surface area is 102 Å². The quantitative estimate of drug-likeness (QED) is 0.315. The van der Waals surface area contributed by atoms with Gasteiger partial charge in [-0.25, -0.2) is 0 Å². The second-order valence-electron chi connectivity index (χ2n) is 3.58. The Morgan fingerprint density at radius 3 is 2.12 bits per heavy atom. The lowest BCUT2D eigenvalue weighted by Gasteiger charge is -2.30. The van der Waals surface area contributed by atoms with Crippen LogP contribution in [0.15, 0.2) is 12.7 Å². The normalized spacial score (nSPS) is 11.8. The first kappa shape index (κ1) is 15.2. The topological polar surface area (TPSA) is 52.6 Å². The number of ether oxygens (including phenoxy) is 2. The predicted octanol–water partition coefficient (Wildman–Crippen LogP) is 1.55. The molecule has 4 nitrogen and oxygen atoms in total. The number of hydrogen-bond acceptors (Lipinski definition) is 4. The van der Waals surface area contributed by atoms with Crippen molar-refractivity contribution in [1.29, 1.82) is 0 Å². The van der Waals surface area contributed by atoms with E-state index >= 15 is 0 Å². The van der Waals surface area contributed by atoms with Crippen LogP contribution in [-0.4, -0.2) is 26.2 Å². The van der Waals surface area contributed by atoms with E-state index in [0.29, 0.717) is 0 Å². The Balaban J connectivity index is 5.64. The molecule has 1 unspecified atom stereocenters. The highest BCUT2D eigenvalue weighted by Gasteiger charge is 2.51. The van der Waals surface area contributed by atoms with Crippen molar-refractivity contribution in [3.8, 4) is 11.8 Å². The molecule has 0 aliphatic rings. The average Bonchev–Trinajstić information content (AvgIpc) is 2.37. The monoisotopic (exact) mass is 238 g/mol. The van der Waals surface area contributed by atoms with Gasteiger partial charge in [-0.3, -0.25) is 9.59 Å². The molecule has 0 rings (SSSR count). The molecule has 0 N–H and O–H groups in total. The molecule has 0 aromatic rings. The molecule has 0 spiro atoms. The smallest absolute Gasteiger partial charge is 0.324 e. The van der Waals surface area contributed by atoms with E-state index in [4.69, 9.17) is 9.47 Å². The van der Waals surface area contributed by atoms with E-state index in [9.17, 15) is 9.59 Å². The summed E-state index contributed by atoms with van der Waals surface area (Å²) in [6.07, 6.45) is 1.57. The summed E-state index contributed by atoms with van der Waals surface area (Å²) in [5, 5.41) is 0. The van der Waals surface area contributed by atoms with Crippen LogP contribution < -0.4 is 0 Å². The Morgan fingerprint density at radius 2 is 1.82 bits per heavy atom. The van der Waals surface area contributed by atoms with Gasteiger partial charge >= 0.3 is 11.9 Å². The van der Waals surface area contributed by atoms with Crippen LogP contribution in [0.5, 0.6) is 0 Å².